The van der Waals surface area contributed by atoms with E-state index in [2.05, 4.69) is 5.32 Å². The number of carbonyl (C=O) groups excluding carboxylic acids is 1. The van der Waals surface area contributed by atoms with E-state index in [1.807, 2.05) is 0 Å². The molecule has 0 unspecified atom stereocenters. The van der Waals surface area contributed by atoms with E-state index in [-0.39, 0.29) is 18.9 Å². The largest absolute Gasteiger partial charge is 0.387 e. The van der Waals surface area contributed by atoms with E-state index in [0.29, 0.717) is 12.8 Å². The fourth-order valence-corrected chi connectivity index (χ4v) is 3.25. The molecule has 2 N–H and O–H groups in total. The summed E-state index contributed by atoms with van der Waals surface area (Å²) in [6, 6.07) is -0.439. The number of carbonyl (C=O) groups is 1. The number of hydrogen-bond donors (Lipinski definition) is 2. The fourth-order valence-electron chi connectivity index (χ4n) is 3.25. The lowest BCUT2D eigenvalue weighted by Crippen LogP contribution is -2.54. The first-order valence-electron chi connectivity index (χ1n) is 7.04. The highest BCUT2D eigenvalue weighted by Crippen LogP contribution is 2.36. The number of hydrogen-bond acceptors (Lipinski definition) is 3. The van der Waals surface area contributed by atoms with Gasteiger partial charge in [0.15, 0.2) is 0 Å². The first kappa shape index (κ1) is 14.7. The van der Waals surface area contributed by atoms with Crippen molar-refractivity contribution in [2.24, 2.45) is 0 Å². The molecule has 19 heavy (non-hydrogen) atoms. The van der Waals surface area contributed by atoms with Gasteiger partial charge in [-0.1, -0.05) is 0 Å². The van der Waals surface area contributed by atoms with E-state index < -0.39 is 24.5 Å². The van der Waals surface area contributed by atoms with Crippen LogP contribution < -0.4 is 5.32 Å². The molecule has 6 heteroatoms. The van der Waals surface area contributed by atoms with Crippen molar-refractivity contribution in [3.8, 4) is 0 Å². The lowest BCUT2D eigenvalue weighted by Gasteiger charge is -2.43. The molecule has 0 aromatic heterocycles. The molecule has 0 bridgehead atoms. The molecule has 1 amide bonds. The molecular weight excluding hydrogens is 254 g/mol. The summed E-state index contributed by atoms with van der Waals surface area (Å²) in [6.45, 7) is 0.998. The lowest BCUT2D eigenvalue weighted by atomic mass is 9.89. The van der Waals surface area contributed by atoms with Gasteiger partial charge in [-0.2, -0.15) is 0 Å². The van der Waals surface area contributed by atoms with Crippen LogP contribution in [0.2, 0.25) is 0 Å². The van der Waals surface area contributed by atoms with Crippen molar-refractivity contribution in [1.82, 2.24) is 10.2 Å². The Balaban J connectivity index is 2.10. The van der Waals surface area contributed by atoms with Crippen LogP contribution in [-0.4, -0.2) is 53.6 Å². The van der Waals surface area contributed by atoms with Crippen LogP contribution >= 0.6 is 0 Å². The highest BCUT2D eigenvalue weighted by Gasteiger charge is 2.41. The molecule has 0 aromatic carbocycles. The van der Waals surface area contributed by atoms with Crippen LogP contribution in [0.3, 0.4) is 0 Å². The van der Waals surface area contributed by atoms with Crippen LogP contribution in [0.25, 0.3) is 0 Å². The lowest BCUT2D eigenvalue weighted by molar-refractivity contribution is -0.145. The minimum absolute atomic E-state index is 0.0141. The number of nitrogens with zero attached hydrogens (tertiary/aromatic N) is 1. The summed E-state index contributed by atoms with van der Waals surface area (Å²) in [5.74, 6) is -3.08. The van der Waals surface area contributed by atoms with Gasteiger partial charge in [-0.15, -0.1) is 0 Å². The third kappa shape index (κ3) is 3.63. The molecule has 0 radical (unpaired) electrons. The topological polar surface area (TPSA) is 52.6 Å². The van der Waals surface area contributed by atoms with E-state index in [1.165, 1.54) is 0 Å². The zero-order chi connectivity index (χ0) is 13.9. The number of nitrogens with one attached hydrogen (secondary N) is 1. The zero-order valence-corrected chi connectivity index (χ0v) is 11.1. The number of amides is 1. The Hall–Kier alpha value is -0.750. The third-order valence-corrected chi connectivity index (χ3v) is 4.13. The molecule has 2 aliphatic rings. The summed E-state index contributed by atoms with van der Waals surface area (Å²) in [4.78, 5) is 13.5. The Bertz CT molecular complexity index is 320. The van der Waals surface area contributed by atoms with Gasteiger partial charge < -0.3 is 15.3 Å². The molecule has 1 atom stereocenters. The van der Waals surface area contributed by atoms with Gasteiger partial charge in [-0.05, 0) is 38.8 Å². The van der Waals surface area contributed by atoms with Crippen molar-refractivity contribution >= 4 is 5.91 Å². The number of halogens is 2. The fraction of sp³-hybridized carbons (Fsp3) is 0.923. The quantitative estimate of drug-likeness (QED) is 0.812. The van der Waals surface area contributed by atoms with Gasteiger partial charge in [0.05, 0.1) is 0 Å². The summed E-state index contributed by atoms with van der Waals surface area (Å²) in [7, 11) is 0. The zero-order valence-electron chi connectivity index (χ0n) is 11.1. The average Bonchev–Trinajstić information content (AvgIpc) is 2.39. The van der Waals surface area contributed by atoms with Crippen molar-refractivity contribution in [1.29, 1.82) is 0 Å². The SMILES string of the molecule is O=C(CO)N(C1CCNCC1)[C@@H]1CCCC(F)(F)C1. The highest BCUT2D eigenvalue weighted by molar-refractivity contribution is 5.78. The highest BCUT2D eigenvalue weighted by atomic mass is 19.3. The van der Waals surface area contributed by atoms with Crippen molar-refractivity contribution in [2.75, 3.05) is 19.7 Å². The van der Waals surface area contributed by atoms with Crippen LogP contribution in [0.4, 0.5) is 8.78 Å². The second-order valence-electron chi connectivity index (χ2n) is 5.55. The molecular formula is C13H22F2N2O2. The van der Waals surface area contributed by atoms with Crippen molar-refractivity contribution in [3.63, 3.8) is 0 Å². The van der Waals surface area contributed by atoms with E-state index in [4.69, 9.17) is 5.11 Å². The number of aliphatic hydroxyl groups is 1. The number of aliphatic hydroxyl groups excluding tert-OH is 1. The molecule has 1 heterocycles. The summed E-state index contributed by atoms with van der Waals surface area (Å²) >= 11 is 0. The van der Waals surface area contributed by atoms with Crippen LogP contribution in [0.1, 0.15) is 38.5 Å². The molecule has 1 aliphatic heterocycles. The predicted molar refractivity (Wildman–Crippen MR) is 67.0 cm³/mol. The molecule has 0 spiro atoms. The molecule has 1 saturated heterocycles. The molecule has 2 fully saturated rings. The molecule has 1 saturated carbocycles. The number of alkyl halides is 2. The van der Waals surface area contributed by atoms with Gasteiger partial charge in [0.25, 0.3) is 0 Å². The maximum absolute atomic E-state index is 13.5. The van der Waals surface area contributed by atoms with E-state index in [9.17, 15) is 13.6 Å². The van der Waals surface area contributed by atoms with Crippen molar-refractivity contribution in [3.05, 3.63) is 0 Å². The summed E-state index contributed by atoms with van der Waals surface area (Å²) in [6.07, 6.45) is 2.25. The molecule has 4 nitrogen and oxygen atoms in total. The van der Waals surface area contributed by atoms with Gasteiger partial charge in [-0.25, -0.2) is 8.78 Å². The van der Waals surface area contributed by atoms with Crippen LogP contribution in [-0.2, 0) is 4.79 Å². The predicted octanol–water partition coefficient (Wildman–Crippen LogP) is 1.14. The Morgan fingerprint density at radius 3 is 2.53 bits per heavy atom. The number of piperidine rings is 1. The average molecular weight is 276 g/mol. The normalized spacial score (nSPS) is 28.1. The molecule has 1 aliphatic carbocycles. The Labute approximate surface area is 112 Å². The van der Waals surface area contributed by atoms with Crippen LogP contribution in [0.15, 0.2) is 0 Å². The van der Waals surface area contributed by atoms with E-state index in [0.717, 1.165) is 25.9 Å². The van der Waals surface area contributed by atoms with Crippen LogP contribution in [0, 0.1) is 0 Å². The minimum atomic E-state index is -2.68. The summed E-state index contributed by atoms with van der Waals surface area (Å²) in [5, 5.41) is 12.3. The minimum Gasteiger partial charge on any atom is -0.387 e. The first-order chi connectivity index (χ1) is 9.03. The standard InChI is InChI=1S/C13H22F2N2O2/c14-13(15)5-1-2-11(8-13)17(12(19)9-18)10-3-6-16-7-4-10/h10-11,16,18H,1-9H2/t11-/m1/s1. The Morgan fingerprint density at radius 1 is 1.26 bits per heavy atom. The monoisotopic (exact) mass is 276 g/mol. The van der Waals surface area contributed by atoms with E-state index >= 15 is 0 Å². The second kappa shape index (κ2) is 6.13. The Morgan fingerprint density at radius 2 is 1.95 bits per heavy atom. The van der Waals surface area contributed by atoms with Crippen LogP contribution in [0.5, 0.6) is 0 Å². The number of rotatable bonds is 3. The maximum atomic E-state index is 13.5. The second-order valence-corrected chi connectivity index (χ2v) is 5.55. The smallest absolute Gasteiger partial charge is 0.250 e. The summed E-state index contributed by atoms with van der Waals surface area (Å²) in [5.41, 5.74) is 0. The van der Waals surface area contributed by atoms with Gasteiger partial charge in [0, 0.05) is 24.9 Å². The van der Waals surface area contributed by atoms with Gasteiger partial charge in [0.1, 0.15) is 6.61 Å². The first-order valence-corrected chi connectivity index (χ1v) is 7.04. The van der Waals surface area contributed by atoms with Gasteiger partial charge in [-0.3, -0.25) is 4.79 Å². The molecule has 110 valence electrons. The van der Waals surface area contributed by atoms with E-state index in [1.54, 1.807) is 4.90 Å². The molecule has 0 aromatic rings. The van der Waals surface area contributed by atoms with Crippen molar-refractivity contribution in [2.45, 2.75) is 56.5 Å². The van der Waals surface area contributed by atoms with Gasteiger partial charge >= 0.3 is 0 Å². The Kier molecular flexibility index (Phi) is 4.73. The summed E-state index contributed by atoms with van der Waals surface area (Å²) < 4.78 is 27.1. The third-order valence-electron chi connectivity index (χ3n) is 4.13. The van der Waals surface area contributed by atoms with Gasteiger partial charge in [0.2, 0.25) is 11.8 Å². The van der Waals surface area contributed by atoms with Crippen molar-refractivity contribution < 1.29 is 18.7 Å². The maximum Gasteiger partial charge on any atom is 0.250 e. The molecule has 2 rings (SSSR count).